The molecule has 3 rings (SSSR count). The summed E-state index contributed by atoms with van der Waals surface area (Å²) in [6.45, 7) is 9.86. The van der Waals surface area contributed by atoms with E-state index in [9.17, 15) is 4.79 Å². The highest BCUT2D eigenvalue weighted by molar-refractivity contribution is 8.00. The van der Waals surface area contributed by atoms with E-state index in [-0.39, 0.29) is 11.2 Å². The van der Waals surface area contributed by atoms with Gasteiger partial charge in [0, 0.05) is 25.3 Å². The zero-order valence-corrected chi connectivity index (χ0v) is 17.0. The number of amides is 1. The van der Waals surface area contributed by atoms with Crippen LogP contribution >= 0.6 is 11.8 Å². The summed E-state index contributed by atoms with van der Waals surface area (Å²) in [5.74, 6) is 0.814. The fourth-order valence-corrected chi connectivity index (χ4v) is 3.83. The molecule has 0 aliphatic carbocycles. The van der Waals surface area contributed by atoms with Crippen molar-refractivity contribution in [3.63, 3.8) is 0 Å². The lowest BCUT2D eigenvalue weighted by atomic mass is 10.1. The van der Waals surface area contributed by atoms with Gasteiger partial charge >= 0.3 is 0 Å². The number of morpholine rings is 1. The first kappa shape index (κ1) is 19.7. The summed E-state index contributed by atoms with van der Waals surface area (Å²) < 4.78 is 7.48. The number of ether oxygens (including phenoxy) is 1. The van der Waals surface area contributed by atoms with Crippen molar-refractivity contribution in [3.8, 4) is 0 Å². The average molecular weight is 390 g/mol. The minimum atomic E-state index is -0.275. The monoisotopic (exact) mass is 389 g/mol. The summed E-state index contributed by atoms with van der Waals surface area (Å²) in [7, 11) is 0. The van der Waals surface area contributed by atoms with E-state index in [4.69, 9.17) is 4.74 Å². The number of thioether (sulfide) groups is 1. The van der Waals surface area contributed by atoms with Crippen molar-refractivity contribution in [3.05, 3.63) is 29.8 Å². The lowest BCUT2D eigenvalue weighted by Gasteiger charge is -2.27. The maximum absolute atomic E-state index is 12.6. The van der Waals surface area contributed by atoms with Gasteiger partial charge < -0.3 is 15.0 Å². The van der Waals surface area contributed by atoms with Crippen LogP contribution in [-0.4, -0.2) is 52.2 Å². The third-order valence-corrected chi connectivity index (χ3v) is 5.67. The normalized spacial score (nSPS) is 15.6. The fraction of sp³-hybridized carbons (Fsp3) is 0.526. The minimum absolute atomic E-state index is 0.0391. The van der Waals surface area contributed by atoms with E-state index in [0.29, 0.717) is 13.2 Å². The molecule has 7 nitrogen and oxygen atoms in total. The number of aryl methyl sites for hydroxylation is 1. The van der Waals surface area contributed by atoms with Crippen molar-refractivity contribution >= 4 is 29.3 Å². The smallest absolute Gasteiger partial charge is 0.237 e. The van der Waals surface area contributed by atoms with Crippen LogP contribution in [-0.2, 0) is 22.5 Å². The molecule has 1 aliphatic rings. The molecule has 1 atom stereocenters. The molecule has 27 heavy (non-hydrogen) atoms. The third kappa shape index (κ3) is 4.81. The molecule has 1 aromatic carbocycles. The topological polar surface area (TPSA) is 72.3 Å². The molecule has 0 saturated carbocycles. The largest absolute Gasteiger partial charge is 0.378 e. The lowest BCUT2D eigenvalue weighted by molar-refractivity contribution is -0.115. The first-order chi connectivity index (χ1) is 13.1. The number of rotatable bonds is 7. The van der Waals surface area contributed by atoms with Crippen molar-refractivity contribution in [1.29, 1.82) is 0 Å². The van der Waals surface area contributed by atoms with Crippen molar-refractivity contribution in [2.75, 3.05) is 36.5 Å². The highest BCUT2D eigenvalue weighted by Gasteiger charge is 2.23. The fourth-order valence-electron chi connectivity index (χ4n) is 2.92. The van der Waals surface area contributed by atoms with Crippen LogP contribution in [0, 0.1) is 0 Å². The summed E-state index contributed by atoms with van der Waals surface area (Å²) in [4.78, 5) is 14.7. The van der Waals surface area contributed by atoms with Crippen LogP contribution in [0.4, 0.5) is 11.6 Å². The SMILES string of the molecule is CCc1ccc(NC(=O)C(C)Sc2nnc(N3CCOCC3)n2CC)cc1. The number of nitrogens with zero attached hydrogens (tertiary/aromatic N) is 4. The van der Waals surface area contributed by atoms with Gasteiger partial charge in [-0.3, -0.25) is 9.36 Å². The molecular formula is C19H27N5O2S. The number of benzene rings is 1. The minimum Gasteiger partial charge on any atom is -0.378 e. The quantitative estimate of drug-likeness (QED) is 0.734. The second-order valence-corrected chi connectivity index (χ2v) is 7.73. The number of nitrogens with one attached hydrogen (secondary N) is 1. The van der Waals surface area contributed by atoms with E-state index in [0.717, 1.165) is 42.8 Å². The molecule has 1 unspecified atom stereocenters. The van der Waals surface area contributed by atoms with E-state index in [1.54, 1.807) is 0 Å². The molecule has 1 saturated heterocycles. The molecule has 0 spiro atoms. The summed E-state index contributed by atoms with van der Waals surface area (Å²) >= 11 is 1.43. The van der Waals surface area contributed by atoms with Gasteiger partial charge in [-0.25, -0.2) is 0 Å². The second kappa shape index (κ2) is 9.23. The number of hydrogen-bond donors (Lipinski definition) is 1. The van der Waals surface area contributed by atoms with Crippen molar-refractivity contribution in [2.45, 2.75) is 44.1 Å². The van der Waals surface area contributed by atoms with Crippen molar-refractivity contribution in [1.82, 2.24) is 14.8 Å². The number of carbonyl (C=O) groups excluding carboxylic acids is 1. The van der Waals surface area contributed by atoms with Crippen LogP contribution in [0.2, 0.25) is 0 Å². The molecule has 1 aliphatic heterocycles. The molecule has 1 fully saturated rings. The second-order valence-electron chi connectivity index (χ2n) is 6.43. The standard InChI is InChI=1S/C19H27N5O2S/c1-4-15-6-8-16(9-7-15)20-17(25)14(3)27-19-22-21-18(24(19)5-2)23-10-12-26-13-11-23/h6-9,14H,4-5,10-13H2,1-3H3,(H,20,25). The van der Waals surface area contributed by atoms with Gasteiger partial charge in [0.2, 0.25) is 11.9 Å². The van der Waals surface area contributed by atoms with Crippen LogP contribution in [0.5, 0.6) is 0 Å². The van der Waals surface area contributed by atoms with Crippen LogP contribution in [0.25, 0.3) is 0 Å². The van der Waals surface area contributed by atoms with Crippen LogP contribution in [0.3, 0.4) is 0 Å². The number of anilines is 2. The lowest BCUT2D eigenvalue weighted by Crippen LogP contribution is -2.38. The van der Waals surface area contributed by atoms with Gasteiger partial charge in [0.05, 0.1) is 18.5 Å². The van der Waals surface area contributed by atoms with Crippen molar-refractivity contribution < 1.29 is 9.53 Å². The Bertz CT molecular complexity index is 756. The van der Waals surface area contributed by atoms with Crippen LogP contribution < -0.4 is 10.2 Å². The maximum Gasteiger partial charge on any atom is 0.237 e. The van der Waals surface area contributed by atoms with E-state index in [2.05, 4.69) is 38.8 Å². The van der Waals surface area contributed by atoms with Crippen LogP contribution in [0.1, 0.15) is 26.3 Å². The van der Waals surface area contributed by atoms with Crippen LogP contribution in [0.15, 0.2) is 29.4 Å². The highest BCUT2D eigenvalue weighted by Crippen LogP contribution is 2.26. The Morgan fingerprint density at radius 3 is 2.56 bits per heavy atom. The summed E-state index contributed by atoms with van der Waals surface area (Å²) in [5, 5.41) is 12.2. The molecule has 0 radical (unpaired) electrons. The molecule has 0 bridgehead atoms. The Hall–Kier alpha value is -2.06. The zero-order chi connectivity index (χ0) is 19.2. The Kier molecular flexibility index (Phi) is 6.73. The average Bonchev–Trinajstić information content (AvgIpc) is 3.11. The molecular weight excluding hydrogens is 362 g/mol. The van der Waals surface area contributed by atoms with Gasteiger partial charge in [0.15, 0.2) is 5.16 Å². The van der Waals surface area contributed by atoms with Gasteiger partial charge in [-0.05, 0) is 38.0 Å². The number of carbonyl (C=O) groups is 1. The van der Waals surface area contributed by atoms with Gasteiger partial charge in [0.25, 0.3) is 0 Å². The third-order valence-electron chi connectivity index (χ3n) is 4.59. The predicted octanol–water partition coefficient (Wildman–Crippen LogP) is 2.82. The van der Waals surface area contributed by atoms with E-state index in [1.165, 1.54) is 17.3 Å². The Labute approximate surface area is 164 Å². The molecule has 2 heterocycles. The molecule has 146 valence electrons. The summed E-state index contributed by atoms with van der Waals surface area (Å²) in [5.41, 5.74) is 2.07. The number of hydrogen-bond acceptors (Lipinski definition) is 6. The Morgan fingerprint density at radius 1 is 1.22 bits per heavy atom. The summed E-state index contributed by atoms with van der Waals surface area (Å²) in [6.07, 6.45) is 0.985. The first-order valence-corrected chi connectivity index (χ1v) is 10.3. The zero-order valence-electron chi connectivity index (χ0n) is 16.1. The van der Waals surface area contributed by atoms with Crippen molar-refractivity contribution in [2.24, 2.45) is 0 Å². The number of aromatic nitrogens is 3. The van der Waals surface area contributed by atoms with Gasteiger partial charge in [-0.15, -0.1) is 10.2 Å². The van der Waals surface area contributed by atoms with Gasteiger partial charge in [-0.1, -0.05) is 30.8 Å². The predicted molar refractivity (Wildman–Crippen MR) is 108 cm³/mol. The van der Waals surface area contributed by atoms with Gasteiger partial charge in [-0.2, -0.15) is 0 Å². The highest BCUT2D eigenvalue weighted by atomic mass is 32.2. The molecule has 8 heteroatoms. The Morgan fingerprint density at radius 2 is 1.93 bits per heavy atom. The summed E-state index contributed by atoms with van der Waals surface area (Å²) in [6, 6.07) is 7.96. The van der Waals surface area contributed by atoms with E-state index in [1.807, 2.05) is 31.2 Å². The Balaban J connectivity index is 1.64. The molecule has 1 N–H and O–H groups in total. The van der Waals surface area contributed by atoms with E-state index >= 15 is 0 Å². The maximum atomic E-state index is 12.6. The van der Waals surface area contributed by atoms with Gasteiger partial charge in [0.1, 0.15) is 0 Å². The molecule has 1 aromatic heterocycles. The first-order valence-electron chi connectivity index (χ1n) is 9.44. The van der Waals surface area contributed by atoms with E-state index < -0.39 is 0 Å². The molecule has 1 amide bonds. The molecule has 2 aromatic rings.